The maximum Gasteiger partial charge on any atom is 0.213 e. The third-order valence-corrected chi connectivity index (χ3v) is 3.53. The number of aromatic nitrogens is 2. The van der Waals surface area contributed by atoms with E-state index in [1.807, 2.05) is 47.8 Å². The zero-order valence-electron chi connectivity index (χ0n) is 10.9. The minimum atomic E-state index is 0.597. The molecule has 0 atom stereocenters. The quantitative estimate of drug-likeness (QED) is 0.787. The molecule has 0 saturated carbocycles. The molecule has 0 saturated heterocycles. The van der Waals surface area contributed by atoms with Gasteiger partial charge in [0.15, 0.2) is 5.13 Å². The monoisotopic (exact) mass is 283 g/mol. The van der Waals surface area contributed by atoms with E-state index in [-0.39, 0.29) is 0 Å². The van der Waals surface area contributed by atoms with Gasteiger partial charge in [-0.1, -0.05) is 30.3 Å². The molecular formula is C15H13N3OS. The van der Waals surface area contributed by atoms with Crippen molar-refractivity contribution in [2.24, 2.45) is 0 Å². The van der Waals surface area contributed by atoms with Crippen molar-refractivity contribution in [3.8, 4) is 17.1 Å². The van der Waals surface area contributed by atoms with E-state index in [0.717, 1.165) is 22.1 Å². The molecule has 2 heterocycles. The standard InChI is InChI=1S/C15H13N3OS/c1-19-14-8-7-12(9-16-14)17-15-18-13(10-20-15)11-5-3-2-4-6-11/h2-10H,1H3,(H,17,18). The summed E-state index contributed by atoms with van der Waals surface area (Å²) < 4.78 is 5.03. The van der Waals surface area contributed by atoms with Gasteiger partial charge in [0.25, 0.3) is 0 Å². The highest BCUT2D eigenvalue weighted by Crippen LogP contribution is 2.27. The van der Waals surface area contributed by atoms with Crippen molar-refractivity contribution in [3.05, 3.63) is 54.0 Å². The Balaban J connectivity index is 1.77. The fourth-order valence-electron chi connectivity index (χ4n) is 1.77. The summed E-state index contributed by atoms with van der Waals surface area (Å²) in [6.45, 7) is 0. The van der Waals surface area contributed by atoms with Crippen LogP contribution in [0.2, 0.25) is 0 Å². The predicted molar refractivity (Wildman–Crippen MR) is 81.6 cm³/mol. The Morgan fingerprint density at radius 3 is 2.65 bits per heavy atom. The molecule has 0 unspecified atom stereocenters. The number of rotatable bonds is 4. The third kappa shape index (κ3) is 2.78. The van der Waals surface area contributed by atoms with Crippen LogP contribution >= 0.6 is 11.3 Å². The van der Waals surface area contributed by atoms with Crippen LogP contribution in [0.5, 0.6) is 5.88 Å². The van der Waals surface area contributed by atoms with Crippen molar-refractivity contribution >= 4 is 22.2 Å². The number of hydrogen-bond acceptors (Lipinski definition) is 5. The lowest BCUT2D eigenvalue weighted by atomic mass is 10.2. The summed E-state index contributed by atoms with van der Waals surface area (Å²) in [5, 5.41) is 6.11. The number of methoxy groups -OCH3 is 1. The highest BCUT2D eigenvalue weighted by molar-refractivity contribution is 7.14. The zero-order valence-corrected chi connectivity index (χ0v) is 11.7. The fourth-order valence-corrected chi connectivity index (χ4v) is 2.51. The van der Waals surface area contributed by atoms with Crippen molar-refractivity contribution in [1.82, 2.24) is 9.97 Å². The minimum absolute atomic E-state index is 0.597. The Hall–Kier alpha value is -2.40. The van der Waals surface area contributed by atoms with Crippen LogP contribution in [0, 0.1) is 0 Å². The van der Waals surface area contributed by atoms with Crippen LogP contribution in [0.15, 0.2) is 54.0 Å². The normalized spacial score (nSPS) is 10.2. The summed E-state index contributed by atoms with van der Waals surface area (Å²) in [6, 6.07) is 13.8. The van der Waals surface area contributed by atoms with E-state index in [4.69, 9.17) is 4.74 Å². The lowest BCUT2D eigenvalue weighted by Crippen LogP contribution is -1.92. The first-order chi connectivity index (χ1) is 9.85. The van der Waals surface area contributed by atoms with Gasteiger partial charge in [-0.05, 0) is 6.07 Å². The van der Waals surface area contributed by atoms with Gasteiger partial charge >= 0.3 is 0 Å². The molecule has 100 valence electrons. The molecule has 0 bridgehead atoms. The van der Waals surface area contributed by atoms with Crippen LogP contribution in [-0.2, 0) is 0 Å². The summed E-state index contributed by atoms with van der Waals surface area (Å²) in [5.74, 6) is 0.597. The minimum Gasteiger partial charge on any atom is -0.481 e. The molecule has 3 rings (SSSR count). The second-order valence-corrected chi connectivity index (χ2v) is 4.98. The molecule has 0 aliphatic carbocycles. The number of thiazole rings is 1. The lowest BCUT2D eigenvalue weighted by Gasteiger charge is -2.03. The van der Waals surface area contributed by atoms with Crippen LogP contribution in [0.25, 0.3) is 11.3 Å². The highest BCUT2D eigenvalue weighted by Gasteiger charge is 2.04. The van der Waals surface area contributed by atoms with E-state index in [0.29, 0.717) is 5.88 Å². The lowest BCUT2D eigenvalue weighted by molar-refractivity contribution is 0.398. The number of hydrogen-bond donors (Lipinski definition) is 1. The number of benzene rings is 1. The SMILES string of the molecule is COc1ccc(Nc2nc(-c3ccccc3)cs2)cn1. The van der Waals surface area contributed by atoms with Gasteiger partial charge in [-0.2, -0.15) is 0 Å². The van der Waals surface area contributed by atoms with E-state index < -0.39 is 0 Å². The average molecular weight is 283 g/mol. The van der Waals surface area contributed by atoms with Gasteiger partial charge in [-0.3, -0.25) is 0 Å². The molecule has 20 heavy (non-hydrogen) atoms. The van der Waals surface area contributed by atoms with Gasteiger partial charge in [-0.15, -0.1) is 11.3 Å². The molecule has 0 spiro atoms. The molecule has 1 aromatic carbocycles. The molecule has 0 aliphatic heterocycles. The van der Waals surface area contributed by atoms with Gasteiger partial charge in [0.1, 0.15) is 0 Å². The Morgan fingerprint density at radius 2 is 1.95 bits per heavy atom. The van der Waals surface area contributed by atoms with Gasteiger partial charge in [0, 0.05) is 17.0 Å². The van der Waals surface area contributed by atoms with Crippen LogP contribution < -0.4 is 10.1 Å². The number of nitrogens with one attached hydrogen (secondary N) is 1. The van der Waals surface area contributed by atoms with Crippen LogP contribution in [0.1, 0.15) is 0 Å². The summed E-state index contributed by atoms with van der Waals surface area (Å²) in [5.41, 5.74) is 2.98. The van der Waals surface area contributed by atoms with E-state index in [1.165, 1.54) is 0 Å². The third-order valence-electron chi connectivity index (χ3n) is 2.77. The first kappa shape index (κ1) is 12.6. The fraction of sp³-hybridized carbons (Fsp3) is 0.0667. The van der Waals surface area contributed by atoms with Crippen molar-refractivity contribution in [2.75, 3.05) is 12.4 Å². The molecule has 5 heteroatoms. The van der Waals surface area contributed by atoms with Crippen LogP contribution in [-0.4, -0.2) is 17.1 Å². The maximum absolute atomic E-state index is 5.03. The second-order valence-electron chi connectivity index (χ2n) is 4.12. The van der Waals surface area contributed by atoms with Gasteiger partial charge in [-0.25, -0.2) is 9.97 Å². The zero-order chi connectivity index (χ0) is 13.8. The van der Waals surface area contributed by atoms with E-state index in [9.17, 15) is 0 Å². The van der Waals surface area contributed by atoms with E-state index in [1.54, 1.807) is 24.6 Å². The Bertz CT molecular complexity index is 680. The summed E-state index contributed by atoms with van der Waals surface area (Å²) in [7, 11) is 1.60. The average Bonchev–Trinajstić information content (AvgIpc) is 2.97. The molecular weight excluding hydrogens is 270 g/mol. The molecule has 3 aromatic rings. The molecule has 0 amide bonds. The molecule has 2 aromatic heterocycles. The van der Waals surface area contributed by atoms with Crippen LogP contribution in [0.4, 0.5) is 10.8 Å². The molecule has 0 fully saturated rings. The smallest absolute Gasteiger partial charge is 0.213 e. The molecule has 0 radical (unpaired) electrons. The van der Waals surface area contributed by atoms with Gasteiger partial charge in [0.2, 0.25) is 5.88 Å². The number of pyridine rings is 1. The first-order valence-corrected chi connectivity index (χ1v) is 7.01. The Labute approximate surface area is 121 Å². The Morgan fingerprint density at radius 1 is 1.10 bits per heavy atom. The van der Waals surface area contributed by atoms with Crippen molar-refractivity contribution in [2.45, 2.75) is 0 Å². The highest BCUT2D eigenvalue weighted by atomic mass is 32.1. The first-order valence-electron chi connectivity index (χ1n) is 6.13. The molecule has 4 nitrogen and oxygen atoms in total. The van der Waals surface area contributed by atoms with Gasteiger partial charge in [0.05, 0.1) is 24.7 Å². The second kappa shape index (κ2) is 5.71. The summed E-state index contributed by atoms with van der Waals surface area (Å²) in [6.07, 6.45) is 1.72. The summed E-state index contributed by atoms with van der Waals surface area (Å²) in [4.78, 5) is 8.72. The molecule has 0 aliphatic rings. The number of anilines is 2. The Kier molecular flexibility index (Phi) is 3.60. The van der Waals surface area contributed by atoms with E-state index in [2.05, 4.69) is 15.3 Å². The van der Waals surface area contributed by atoms with Gasteiger partial charge < -0.3 is 10.1 Å². The number of nitrogens with zero attached hydrogens (tertiary/aromatic N) is 2. The van der Waals surface area contributed by atoms with Crippen molar-refractivity contribution in [1.29, 1.82) is 0 Å². The van der Waals surface area contributed by atoms with Crippen molar-refractivity contribution in [3.63, 3.8) is 0 Å². The topological polar surface area (TPSA) is 47.0 Å². The summed E-state index contributed by atoms with van der Waals surface area (Å²) >= 11 is 1.57. The van der Waals surface area contributed by atoms with Crippen LogP contribution in [0.3, 0.4) is 0 Å². The largest absolute Gasteiger partial charge is 0.481 e. The predicted octanol–water partition coefficient (Wildman–Crippen LogP) is 3.96. The maximum atomic E-state index is 5.03. The number of ether oxygens (including phenoxy) is 1. The van der Waals surface area contributed by atoms with Crippen molar-refractivity contribution < 1.29 is 4.74 Å². The molecule has 1 N–H and O–H groups in total. The van der Waals surface area contributed by atoms with E-state index >= 15 is 0 Å².